The molecule has 0 atom stereocenters. The first kappa shape index (κ1) is 17.5. The van der Waals surface area contributed by atoms with E-state index in [-0.39, 0.29) is 16.9 Å². The van der Waals surface area contributed by atoms with E-state index in [2.05, 4.69) is 26.1 Å². The molecule has 0 heterocycles. The van der Waals surface area contributed by atoms with Crippen LogP contribution in [0, 0.1) is 5.41 Å². The van der Waals surface area contributed by atoms with E-state index in [0.717, 1.165) is 18.6 Å². The van der Waals surface area contributed by atoms with Crippen LogP contribution in [0.25, 0.3) is 0 Å². The summed E-state index contributed by atoms with van der Waals surface area (Å²) in [7, 11) is 0. The van der Waals surface area contributed by atoms with Crippen molar-refractivity contribution in [2.75, 3.05) is 0 Å². The number of benzene rings is 1. The number of alkyl halides is 3. The Balaban J connectivity index is 2.81. The largest absolute Gasteiger partial charge is 0.416 e. The van der Waals surface area contributed by atoms with E-state index in [9.17, 15) is 18.0 Å². The summed E-state index contributed by atoms with van der Waals surface area (Å²) in [4.78, 5) is 12.1. The highest BCUT2D eigenvalue weighted by Crippen LogP contribution is 2.29. The van der Waals surface area contributed by atoms with E-state index in [1.807, 2.05) is 13.8 Å². The van der Waals surface area contributed by atoms with Gasteiger partial charge in [-0.15, -0.1) is 0 Å². The minimum atomic E-state index is -4.39. The Morgan fingerprint density at radius 3 is 1.86 bits per heavy atom. The SMILES string of the molecule is CC(C)(C)CC(C)(C)NC(=O)c1ccc(C(F)(F)F)cc1. The van der Waals surface area contributed by atoms with Crippen LogP contribution in [0.15, 0.2) is 24.3 Å². The van der Waals surface area contributed by atoms with Crippen LogP contribution in [0.5, 0.6) is 0 Å². The van der Waals surface area contributed by atoms with Crippen LogP contribution in [-0.4, -0.2) is 11.4 Å². The number of hydrogen-bond acceptors (Lipinski definition) is 1. The summed E-state index contributed by atoms with van der Waals surface area (Å²) in [6, 6.07) is 4.24. The van der Waals surface area contributed by atoms with Gasteiger partial charge in [0.1, 0.15) is 0 Å². The van der Waals surface area contributed by atoms with Gasteiger partial charge >= 0.3 is 6.18 Å². The Morgan fingerprint density at radius 1 is 1.00 bits per heavy atom. The second kappa shape index (κ2) is 5.70. The topological polar surface area (TPSA) is 29.1 Å². The standard InChI is InChI=1S/C16H22F3NO/c1-14(2,3)10-15(4,5)20-13(21)11-6-8-12(9-7-11)16(17,18)19/h6-9H,10H2,1-5H3,(H,20,21). The van der Waals surface area contributed by atoms with Crippen molar-refractivity contribution in [3.05, 3.63) is 35.4 Å². The maximum Gasteiger partial charge on any atom is 0.416 e. The molecule has 0 fully saturated rings. The fourth-order valence-corrected chi connectivity index (χ4v) is 2.56. The lowest BCUT2D eigenvalue weighted by atomic mass is 9.81. The monoisotopic (exact) mass is 301 g/mol. The summed E-state index contributed by atoms with van der Waals surface area (Å²) in [5.41, 5.74) is -0.924. The third-order valence-electron chi connectivity index (χ3n) is 2.90. The molecule has 0 aliphatic rings. The summed E-state index contributed by atoms with van der Waals surface area (Å²) in [5, 5.41) is 2.87. The molecule has 0 bridgehead atoms. The van der Waals surface area contributed by atoms with Gasteiger partial charge in [0.25, 0.3) is 5.91 Å². The predicted octanol–water partition coefficient (Wildman–Crippen LogP) is 4.65. The van der Waals surface area contributed by atoms with Gasteiger partial charge in [-0.25, -0.2) is 0 Å². The third-order valence-corrected chi connectivity index (χ3v) is 2.90. The average molecular weight is 301 g/mol. The molecule has 5 heteroatoms. The molecule has 0 saturated carbocycles. The van der Waals surface area contributed by atoms with Crippen LogP contribution in [0.1, 0.15) is 57.0 Å². The van der Waals surface area contributed by atoms with Crippen molar-refractivity contribution in [2.45, 2.75) is 52.8 Å². The van der Waals surface area contributed by atoms with Gasteiger partial charge in [0.2, 0.25) is 0 Å². The molecule has 1 aromatic rings. The molecular weight excluding hydrogens is 279 g/mol. The van der Waals surface area contributed by atoms with E-state index >= 15 is 0 Å². The molecule has 2 nitrogen and oxygen atoms in total. The number of carbonyl (C=O) groups is 1. The van der Waals surface area contributed by atoms with Crippen LogP contribution in [-0.2, 0) is 6.18 Å². The minimum absolute atomic E-state index is 0.0386. The Kier molecular flexibility index (Phi) is 4.76. The molecule has 1 aromatic carbocycles. The fourth-order valence-electron chi connectivity index (χ4n) is 2.56. The molecule has 0 spiro atoms. The Morgan fingerprint density at radius 2 is 1.48 bits per heavy atom. The molecule has 0 aliphatic carbocycles. The van der Waals surface area contributed by atoms with Gasteiger partial charge in [-0.1, -0.05) is 20.8 Å². The van der Waals surface area contributed by atoms with Gasteiger partial charge in [-0.05, 0) is 49.9 Å². The second-order valence-corrected chi connectivity index (χ2v) is 7.15. The van der Waals surface area contributed by atoms with Gasteiger partial charge in [0.15, 0.2) is 0 Å². The molecular formula is C16H22F3NO. The molecule has 0 unspecified atom stereocenters. The van der Waals surface area contributed by atoms with Crippen LogP contribution in [0.4, 0.5) is 13.2 Å². The highest BCUT2D eigenvalue weighted by Gasteiger charge is 2.31. The van der Waals surface area contributed by atoms with Crippen LogP contribution in [0.3, 0.4) is 0 Å². The Labute approximate surface area is 123 Å². The van der Waals surface area contributed by atoms with E-state index in [0.29, 0.717) is 0 Å². The zero-order valence-electron chi connectivity index (χ0n) is 13.1. The van der Waals surface area contributed by atoms with Crippen LogP contribution >= 0.6 is 0 Å². The zero-order valence-corrected chi connectivity index (χ0v) is 13.1. The molecule has 21 heavy (non-hydrogen) atoms. The molecule has 118 valence electrons. The number of amides is 1. The van der Waals surface area contributed by atoms with Crippen LogP contribution < -0.4 is 5.32 Å². The molecule has 0 radical (unpaired) electrons. The summed E-state index contributed by atoms with van der Waals surface area (Å²) in [6.07, 6.45) is -3.63. The smallest absolute Gasteiger partial charge is 0.347 e. The molecule has 0 aromatic heterocycles. The van der Waals surface area contributed by atoms with Crippen molar-refractivity contribution in [1.82, 2.24) is 5.32 Å². The number of carbonyl (C=O) groups excluding carboxylic acids is 1. The van der Waals surface area contributed by atoms with Gasteiger partial charge in [0.05, 0.1) is 5.56 Å². The molecule has 1 rings (SSSR count). The lowest BCUT2D eigenvalue weighted by molar-refractivity contribution is -0.137. The van der Waals surface area contributed by atoms with Crippen molar-refractivity contribution in [3.8, 4) is 0 Å². The maximum atomic E-state index is 12.5. The summed E-state index contributed by atoms with van der Waals surface area (Å²) in [5.74, 6) is -0.363. The maximum absolute atomic E-state index is 12.5. The lowest BCUT2D eigenvalue weighted by Crippen LogP contribution is -2.45. The Hall–Kier alpha value is -1.52. The van der Waals surface area contributed by atoms with Gasteiger partial charge < -0.3 is 5.32 Å². The zero-order chi connectivity index (χ0) is 16.5. The van der Waals surface area contributed by atoms with E-state index < -0.39 is 17.3 Å². The highest BCUT2D eigenvalue weighted by atomic mass is 19.4. The number of halogens is 3. The highest BCUT2D eigenvalue weighted by molar-refractivity contribution is 5.94. The van der Waals surface area contributed by atoms with Crippen molar-refractivity contribution in [1.29, 1.82) is 0 Å². The lowest BCUT2D eigenvalue weighted by Gasteiger charge is -2.33. The average Bonchev–Trinajstić information content (AvgIpc) is 2.23. The Bertz CT molecular complexity index is 496. The van der Waals surface area contributed by atoms with Crippen molar-refractivity contribution < 1.29 is 18.0 Å². The van der Waals surface area contributed by atoms with Crippen LogP contribution in [0.2, 0.25) is 0 Å². The first-order valence-electron chi connectivity index (χ1n) is 6.80. The van der Waals surface area contributed by atoms with Gasteiger partial charge in [0, 0.05) is 11.1 Å². The summed E-state index contributed by atoms with van der Waals surface area (Å²) >= 11 is 0. The molecule has 0 saturated heterocycles. The second-order valence-electron chi connectivity index (χ2n) is 7.15. The van der Waals surface area contributed by atoms with Crippen molar-refractivity contribution in [3.63, 3.8) is 0 Å². The first-order valence-corrected chi connectivity index (χ1v) is 6.80. The number of nitrogens with one attached hydrogen (secondary N) is 1. The predicted molar refractivity (Wildman–Crippen MR) is 77.1 cm³/mol. The molecule has 0 aliphatic heterocycles. The van der Waals surface area contributed by atoms with Gasteiger partial charge in [-0.2, -0.15) is 13.2 Å². The fraction of sp³-hybridized carbons (Fsp3) is 0.562. The summed E-state index contributed by atoms with van der Waals surface area (Å²) < 4.78 is 37.4. The quantitative estimate of drug-likeness (QED) is 0.865. The number of hydrogen-bond donors (Lipinski definition) is 1. The summed E-state index contributed by atoms with van der Waals surface area (Å²) in [6.45, 7) is 10.0. The van der Waals surface area contributed by atoms with E-state index in [4.69, 9.17) is 0 Å². The number of rotatable bonds is 3. The first-order chi connectivity index (χ1) is 9.30. The molecule has 1 amide bonds. The van der Waals surface area contributed by atoms with Crippen molar-refractivity contribution in [2.24, 2.45) is 5.41 Å². The van der Waals surface area contributed by atoms with Crippen molar-refractivity contribution >= 4 is 5.91 Å². The normalized spacial score (nSPS) is 13.1. The minimum Gasteiger partial charge on any atom is -0.347 e. The third kappa shape index (κ3) is 5.78. The molecule has 1 N–H and O–H groups in total. The van der Waals surface area contributed by atoms with Gasteiger partial charge in [-0.3, -0.25) is 4.79 Å². The van der Waals surface area contributed by atoms with E-state index in [1.54, 1.807) is 0 Å². The van der Waals surface area contributed by atoms with E-state index in [1.165, 1.54) is 12.1 Å².